The lowest BCUT2D eigenvalue weighted by Gasteiger charge is -2.16. The van der Waals surface area contributed by atoms with Crippen LogP contribution < -0.4 is 15.4 Å². The molecule has 1 rings (SSSR count). The molecule has 0 spiro atoms. The molecular weight excluding hydrogens is 388 g/mol. The van der Waals surface area contributed by atoms with E-state index in [2.05, 4.69) is 42.5 Å². The number of hydrogen-bond donors (Lipinski definition) is 2. The molecule has 20 heavy (non-hydrogen) atoms. The first kappa shape index (κ1) is 17.5. The average molecular weight is 408 g/mol. The van der Waals surface area contributed by atoms with Gasteiger partial charge in [-0.1, -0.05) is 22.9 Å². The predicted octanol–water partition coefficient (Wildman–Crippen LogP) is 3.22. The van der Waals surface area contributed by atoms with Crippen molar-refractivity contribution in [2.24, 2.45) is 0 Å². The fourth-order valence-corrected chi connectivity index (χ4v) is 3.21. The van der Waals surface area contributed by atoms with Crippen LogP contribution in [0.15, 0.2) is 21.1 Å². The molecule has 0 bridgehead atoms. The van der Waals surface area contributed by atoms with Crippen LogP contribution in [0.4, 0.5) is 0 Å². The number of hydrogen-bond acceptors (Lipinski definition) is 3. The minimum atomic E-state index is -0.246. The topological polar surface area (TPSA) is 50.4 Å². The van der Waals surface area contributed by atoms with Crippen molar-refractivity contribution in [3.63, 3.8) is 0 Å². The standard InChI is InChI=1S/C14H20Br2N2O2/c1-4-5-17-14(19)9(2)18-8-10-6-11(15)7-12(16)13(10)20-3/h6-7,9,18H,4-5,8H2,1-3H3,(H,17,19). The third-order valence-electron chi connectivity index (χ3n) is 2.83. The number of carbonyl (C=O) groups excluding carboxylic acids is 1. The summed E-state index contributed by atoms with van der Waals surface area (Å²) in [5.74, 6) is 0.793. The summed E-state index contributed by atoms with van der Waals surface area (Å²) in [6.45, 7) is 5.14. The summed E-state index contributed by atoms with van der Waals surface area (Å²) in [4.78, 5) is 11.8. The Morgan fingerprint density at radius 3 is 2.70 bits per heavy atom. The van der Waals surface area contributed by atoms with Crippen LogP contribution in [-0.2, 0) is 11.3 Å². The maximum Gasteiger partial charge on any atom is 0.236 e. The Morgan fingerprint density at radius 2 is 2.10 bits per heavy atom. The lowest BCUT2D eigenvalue weighted by molar-refractivity contribution is -0.122. The molecule has 0 fully saturated rings. The molecule has 0 aromatic heterocycles. The number of carbonyl (C=O) groups is 1. The van der Waals surface area contributed by atoms with Crippen LogP contribution >= 0.6 is 31.9 Å². The average Bonchev–Trinajstić information content (AvgIpc) is 2.41. The Labute approximate surface area is 136 Å². The van der Waals surface area contributed by atoms with Gasteiger partial charge in [-0.05, 0) is 41.4 Å². The van der Waals surface area contributed by atoms with Gasteiger partial charge in [0, 0.05) is 23.1 Å². The van der Waals surface area contributed by atoms with Crippen LogP contribution in [0.5, 0.6) is 5.75 Å². The maximum atomic E-state index is 11.8. The Morgan fingerprint density at radius 1 is 1.40 bits per heavy atom. The molecule has 0 aliphatic carbocycles. The van der Waals surface area contributed by atoms with Crippen LogP contribution in [0.3, 0.4) is 0 Å². The SMILES string of the molecule is CCCNC(=O)C(C)NCc1cc(Br)cc(Br)c1OC. The van der Waals surface area contributed by atoms with E-state index in [1.807, 2.05) is 26.0 Å². The molecule has 1 aromatic carbocycles. The number of methoxy groups -OCH3 is 1. The highest BCUT2D eigenvalue weighted by molar-refractivity contribution is 9.11. The van der Waals surface area contributed by atoms with Gasteiger partial charge in [-0.2, -0.15) is 0 Å². The highest BCUT2D eigenvalue weighted by atomic mass is 79.9. The molecule has 1 atom stereocenters. The fraction of sp³-hybridized carbons (Fsp3) is 0.500. The number of rotatable bonds is 7. The molecule has 0 saturated heterocycles. The van der Waals surface area contributed by atoms with Gasteiger partial charge in [0.25, 0.3) is 0 Å². The highest BCUT2D eigenvalue weighted by Crippen LogP contribution is 2.32. The summed E-state index contributed by atoms with van der Waals surface area (Å²) >= 11 is 6.92. The fourth-order valence-electron chi connectivity index (χ4n) is 1.73. The van der Waals surface area contributed by atoms with Gasteiger partial charge in [0.1, 0.15) is 5.75 Å². The summed E-state index contributed by atoms with van der Waals surface area (Å²) < 4.78 is 7.23. The number of amides is 1. The van der Waals surface area contributed by atoms with Crippen molar-refractivity contribution in [1.29, 1.82) is 0 Å². The molecular formula is C14H20Br2N2O2. The van der Waals surface area contributed by atoms with E-state index >= 15 is 0 Å². The molecule has 112 valence electrons. The van der Waals surface area contributed by atoms with Crippen LogP contribution in [0, 0.1) is 0 Å². The molecule has 0 aliphatic rings. The van der Waals surface area contributed by atoms with Crippen molar-refractivity contribution in [3.8, 4) is 5.75 Å². The zero-order valence-electron chi connectivity index (χ0n) is 11.9. The van der Waals surface area contributed by atoms with Gasteiger partial charge in [-0.3, -0.25) is 4.79 Å². The molecule has 1 aromatic rings. The van der Waals surface area contributed by atoms with Crippen LogP contribution in [0.25, 0.3) is 0 Å². The zero-order chi connectivity index (χ0) is 15.1. The first-order chi connectivity index (χ1) is 9.49. The van der Waals surface area contributed by atoms with E-state index in [9.17, 15) is 4.79 Å². The molecule has 6 heteroatoms. The van der Waals surface area contributed by atoms with Crippen molar-refractivity contribution in [2.45, 2.75) is 32.9 Å². The summed E-state index contributed by atoms with van der Waals surface area (Å²) in [5.41, 5.74) is 0.990. The van der Waals surface area contributed by atoms with E-state index in [-0.39, 0.29) is 11.9 Å². The van der Waals surface area contributed by atoms with Gasteiger partial charge in [0.15, 0.2) is 0 Å². The Kier molecular flexibility index (Phi) is 7.55. The van der Waals surface area contributed by atoms with Gasteiger partial charge in [0.05, 0.1) is 17.6 Å². The van der Waals surface area contributed by atoms with Gasteiger partial charge in [0.2, 0.25) is 5.91 Å². The molecule has 2 N–H and O–H groups in total. The smallest absolute Gasteiger partial charge is 0.236 e. The minimum absolute atomic E-state index is 0.0138. The quantitative estimate of drug-likeness (QED) is 0.729. The first-order valence-electron chi connectivity index (χ1n) is 6.52. The lowest BCUT2D eigenvalue weighted by atomic mass is 10.2. The van der Waals surface area contributed by atoms with Crippen molar-refractivity contribution >= 4 is 37.8 Å². The largest absolute Gasteiger partial charge is 0.495 e. The predicted molar refractivity (Wildman–Crippen MR) is 88.0 cm³/mol. The second kappa shape index (κ2) is 8.64. The lowest BCUT2D eigenvalue weighted by Crippen LogP contribution is -2.42. The summed E-state index contributed by atoms with van der Waals surface area (Å²) in [5, 5.41) is 6.07. The van der Waals surface area contributed by atoms with Gasteiger partial charge >= 0.3 is 0 Å². The third kappa shape index (κ3) is 5.07. The molecule has 0 aliphatic heterocycles. The van der Waals surface area contributed by atoms with Gasteiger partial charge in [-0.15, -0.1) is 0 Å². The van der Waals surface area contributed by atoms with E-state index in [0.717, 1.165) is 26.7 Å². The highest BCUT2D eigenvalue weighted by Gasteiger charge is 2.14. The zero-order valence-corrected chi connectivity index (χ0v) is 15.1. The maximum absolute atomic E-state index is 11.8. The molecule has 4 nitrogen and oxygen atoms in total. The minimum Gasteiger partial charge on any atom is -0.495 e. The van der Waals surface area contributed by atoms with E-state index in [1.165, 1.54) is 0 Å². The van der Waals surface area contributed by atoms with Crippen molar-refractivity contribution in [3.05, 3.63) is 26.6 Å². The number of ether oxygens (including phenoxy) is 1. The van der Waals surface area contributed by atoms with Crippen LogP contribution in [0.2, 0.25) is 0 Å². The summed E-state index contributed by atoms with van der Waals surface area (Å²) in [6, 6.07) is 3.66. The molecule has 0 saturated carbocycles. The first-order valence-corrected chi connectivity index (χ1v) is 8.11. The monoisotopic (exact) mass is 406 g/mol. The Hall–Kier alpha value is -0.590. The molecule has 1 unspecified atom stereocenters. The summed E-state index contributed by atoms with van der Waals surface area (Å²) in [6.07, 6.45) is 0.935. The van der Waals surface area contributed by atoms with Gasteiger partial charge < -0.3 is 15.4 Å². The van der Waals surface area contributed by atoms with Crippen molar-refractivity contribution in [2.75, 3.05) is 13.7 Å². The Bertz CT molecular complexity index is 467. The molecule has 0 radical (unpaired) electrons. The Balaban J connectivity index is 2.67. The normalized spacial score (nSPS) is 12.1. The number of nitrogens with one attached hydrogen (secondary N) is 2. The second-order valence-corrected chi connectivity index (χ2v) is 6.24. The number of benzene rings is 1. The van der Waals surface area contributed by atoms with E-state index in [0.29, 0.717) is 13.1 Å². The van der Waals surface area contributed by atoms with E-state index in [4.69, 9.17) is 4.74 Å². The van der Waals surface area contributed by atoms with E-state index < -0.39 is 0 Å². The second-order valence-electron chi connectivity index (χ2n) is 4.47. The van der Waals surface area contributed by atoms with Gasteiger partial charge in [-0.25, -0.2) is 0 Å². The molecule has 0 heterocycles. The van der Waals surface area contributed by atoms with Crippen LogP contribution in [-0.4, -0.2) is 25.6 Å². The third-order valence-corrected chi connectivity index (χ3v) is 3.88. The molecule has 1 amide bonds. The number of halogens is 2. The summed E-state index contributed by atoms with van der Waals surface area (Å²) in [7, 11) is 1.63. The van der Waals surface area contributed by atoms with Crippen LogP contribution in [0.1, 0.15) is 25.8 Å². The van der Waals surface area contributed by atoms with Crippen molar-refractivity contribution < 1.29 is 9.53 Å². The van der Waals surface area contributed by atoms with E-state index in [1.54, 1.807) is 7.11 Å². The van der Waals surface area contributed by atoms with Crippen molar-refractivity contribution in [1.82, 2.24) is 10.6 Å².